The molecule has 88 valence electrons. The van der Waals surface area contributed by atoms with E-state index in [0.29, 0.717) is 11.6 Å². The summed E-state index contributed by atoms with van der Waals surface area (Å²) in [5.74, 6) is 0.900. The minimum Gasteiger partial charge on any atom is -0.366 e. The molecule has 6 nitrogen and oxygen atoms in total. The average Bonchev–Trinajstić information content (AvgIpc) is 2.16. The van der Waals surface area contributed by atoms with Crippen LogP contribution in [-0.2, 0) is 10.8 Å². The Balaban J connectivity index is 2.70. The van der Waals surface area contributed by atoms with Gasteiger partial charge in [-0.15, -0.1) is 0 Å². The molecule has 1 aromatic heterocycles. The SMILES string of the molecule is CC(CS(C)=O)Nc1cc([N+](=O)[O-])ccn1. The van der Waals surface area contributed by atoms with E-state index in [0.717, 1.165) is 0 Å². The first-order chi connectivity index (χ1) is 7.49. The first-order valence-corrected chi connectivity index (χ1v) is 6.38. The Hall–Kier alpha value is -1.50. The van der Waals surface area contributed by atoms with Crippen LogP contribution in [0.25, 0.3) is 0 Å². The number of anilines is 1. The fraction of sp³-hybridized carbons (Fsp3) is 0.444. The van der Waals surface area contributed by atoms with Crippen LogP contribution in [0.1, 0.15) is 6.92 Å². The van der Waals surface area contributed by atoms with Crippen molar-refractivity contribution in [2.24, 2.45) is 0 Å². The van der Waals surface area contributed by atoms with Gasteiger partial charge in [-0.2, -0.15) is 0 Å². The Morgan fingerprint density at radius 2 is 2.38 bits per heavy atom. The van der Waals surface area contributed by atoms with Crippen molar-refractivity contribution in [2.45, 2.75) is 13.0 Å². The summed E-state index contributed by atoms with van der Waals surface area (Å²) >= 11 is 0. The Kier molecular flexibility index (Phi) is 4.36. The lowest BCUT2D eigenvalue weighted by Gasteiger charge is -2.12. The van der Waals surface area contributed by atoms with Gasteiger partial charge in [0.2, 0.25) is 0 Å². The van der Waals surface area contributed by atoms with Gasteiger partial charge in [0.25, 0.3) is 5.69 Å². The van der Waals surface area contributed by atoms with Gasteiger partial charge >= 0.3 is 0 Å². The molecule has 0 aliphatic rings. The Morgan fingerprint density at radius 3 is 2.94 bits per heavy atom. The van der Waals surface area contributed by atoms with Gasteiger partial charge in [-0.1, -0.05) is 0 Å². The quantitative estimate of drug-likeness (QED) is 0.619. The second-order valence-corrected chi connectivity index (χ2v) is 4.92. The fourth-order valence-electron chi connectivity index (χ4n) is 1.26. The highest BCUT2D eigenvalue weighted by Gasteiger charge is 2.09. The van der Waals surface area contributed by atoms with E-state index in [1.165, 1.54) is 18.3 Å². The van der Waals surface area contributed by atoms with Crippen molar-refractivity contribution in [3.63, 3.8) is 0 Å². The number of nitrogens with one attached hydrogen (secondary N) is 1. The number of nitro groups is 1. The molecule has 0 spiro atoms. The number of pyridine rings is 1. The van der Waals surface area contributed by atoms with Crippen LogP contribution in [0.3, 0.4) is 0 Å². The Labute approximate surface area is 95.7 Å². The van der Waals surface area contributed by atoms with Crippen LogP contribution in [0.2, 0.25) is 0 Å². The average molecular weight is 243 g/mol. The van der Waals surface area contributed by atoms with E-state index in [4.69, 9.17) is 0 Å². The standard InChI is InChI=1S/C9H13N3O3S/c1-7(6-16(2)15)11-9-5-8(12(13)14)3-4-10-9/h3-5,7H,6H2,1-2H3,(H,10,11). The van der Waals surface area contributed by atoms with Crippen molar-refractivity contribution in [1.82, 2.24) is 4.98 Å². The second-order valence-electron chi connectivity index (χ2n) is 3.44. The van der Waals surface area contributed by atoms with Gasteiger partial charge in [0.05, 0.1) is 11.0 Å². The van der Waals surface area contributed by atoms with E-state index in [-0.39, 0.29) is 11.7 Å². The first kappa shape index (κ1) is 12.6. The Bertz CT molecular complexity index is 411. The van der Waals surface area contributed by atoms with Gasteiger partial charge < -0.3 is 5.32 Å². The molecule has 16 heavy (non-hydrogen) atoms. The first-order valence-electron chi connectivity index (χ1n) is 4.66. The summed E-state index contributed by atoms with van der Waals surface area (Å²) in [7, 11) is -0.908. The third-order valence-electron chi connectivity index (χ3n) is 1.83. The molecule has 1 N–H and O–H groups in total. The maximum atomic E-state index is 11.0. The van der Waals surface area contributed by atoms with Crippen LogP contribution in [0, 0.1) is 10.1 Å². The summed E-state index contributed by atoms with van der Waals surface area (Å²) < 4.78 is 11.0. The molecule has 1 rings (SSSR count). The topological polar surface area (TPSA) is 85.1 Å². The van der Waals surface area contributed by atoms with Crippen LogP contribution in [0.15, 0.2) is 18.3 Å². The lowest BCUT2D eigenvalue weighted by Crippen LogP contribution is -2.22. The van der Waals surface area contributed by atoms with Crippen LogP contribution < -0.4 is 5.32 Å². The third-order valence-corrected chi connectivity index (χ3v) is 2.80. The molecule has 1 aromatic rings. The molecular weight excluding hydrogens is 230 g/mol. The molecule has 0 aliphatic heterocycles. The van der Waals surface area contributed by atoms with Gasteiger partial charge in [-0.25, -0.2) is 4.98 Å². The molecule has 0 bridgehead atoms. The largest absolute Gasteiger partial charge is 0.366 e. The zero-order chi connectivity index (χ0) is 12.1. The summed E-state index contributed by atoms with van der Waals surface area (Å²) in [6.07, 6.45) is 2.98. The molecule has 0 saturated carbocycles. The third kappa shape index (κ3) is 3.93. The lowest BCUT2D eigenvalue weighted by molar-refractivity contribution is -0.384. The summed E-state index contributed by atoms with van der Waals surface area (Å²) in [6.45, 7) is 1.85. The summed E-state index contributed by atoms with van der Waals surface area (Å²) in [6, 6.07) is 2.64. The van der Waals surface area contributed by atoms with Crippen molar-refractivity contribution in [3.8, 4) is 0 Å². The van der Waals surface area contributed by atoms with Gasteiger partial charge in [0, 0.05) is 41.1 Å². The maximum Gasteiger partial charge on any atom is 0.274 e. The number of hydrogen-bond acceptors (Lipinski definition) is 5. The zero-order valence-electron chi connectivity index (χ0n) is 9.04. The zero-order valence-corrected chi connectivity index (χ0v) is 9.86. The van der Waals surface area contributed by atoms with Crippen LogP contribution in [0.5, 0.6) is 0 Å². The van der Waals surface area contributed by atoms with Crippen molar-refractivity contribution >= 4 is 22.3 Å². The molecule has 0 amide bonds. The molecule has 0 fully saturated rings. The van der Waals surface area contributed by atoms with Crippen LogP contribution in [-0.4, -0.2) is 32.2 Å². The fourth-order valence-corrected chi connectivity index (χ4v) is 2.05. The van der Waals surface area contributed by atoms with Gasteiger partial charge in [-0.05, 0) is 6.92 Å². The van der Waals surface area contributed by atoms with E-state index in [9.17, 15) is 14.3 Å². The molecule has 7 heteroatoms. The Morgan fingerprint density at radius 1 is 1.69 bits per heavy atom. The monoisotopic (exact) mass is 243 g/mol. The van der Waals surface area contributed by atoms with Crippen LogP contribution >= 0.6 is 0 Å². The second kappa shape index (κ2) is 5.55. The van der Waals surface area contributed by atoms with Crippen molar-refractivity contribution in [1.29, 1.82) is 0 Å². The van der Waals surface area contributed by atoms with Crippen molar-refractivity contribution in [2.75, 3.05) is 17.3 Å². The highest BCUT2D eigenvalue weighted by atomic mass is 32.2. The van der Waals surface area contributed by atoms with Gasteiger partial charge in [0.15, 0.2) is 0 Å². The van der Waals surface area contributed by atoms with Gasteiger partial charge in [-0.3, -0.25) is 14.3 Å². The predicted octanol–water partition coefficient (Wildman–Crippen LogP) is 1.17. The van der Waals surface area contributed by atoms with E-state index < -0.39 is 15.7 Å². The van der Waals surface area contributed by atoms with Crippen molar-refractivity contribution < 1.29 is 9.13 Å². The molecule has 0 saturated heterocycles. The summed E-state index contributed by atoms with van der Waals surface area (Å²) in [5, 5.41) is 13.5. The van der Waals surface area contributed by atoms with E-state index in [2.05, 4.69) is 10.3 Å². The lowest BCUT2D eigenvalue weighted by atomic mass is 10.3. The van der Waals surface area contributed by atoms with E-state index in [1.807, 2.05) is 6.92 Å². The van der Waals surface area contributed by atoms with E-state index >= 15 is 0 Å². The summed E-state index contributed by atoms with van der Waals surface area (Å²) in [5.41, 5.74) is -0.0117. The molecule has 0 aromatic carbocycles. The number of hydrogen-bond donors (Lipinski definition) is 1. The predicted molar refractivity (Wildman–Crippen MR) is 62.9 cm³/mol. The molecule has 2 unspecified atom stereocenters. The number of rotatable bonds is 5. The van der Waals surface area contributed by atoms with E-state index in [1.54, 1.807) is 6.26 Å². The normalized spacial score (nSPS) is 14.1. The molecule has 2 atom stereocenters. The maximum absolute atomic E-state index is 11.0. The minimum absolute atomic E-state index is 0.0117. The number of nitrogens with zero attached hydrogens (tertiary/aromatic N) is 2. The minimum atomic E-state index is -0.908. The van der Waals surface area contributed by atoms with Gasteiger partial charge in [0.1, 0.15) is 5.82 Å². The van der Waals surface area contributed by atoms with Crippen LogP contribution in [0.4, 0.5) is 11.5 Å². The van der Waals surface area contributed by atoms with Crippen molar-refractivity contribution in [3.05, 3.63) is 28.4 Å². The molecule has 0 aliphatic carbocycles. The number of aromatic nitrogens is 1. The molecular formula is C9H13N3O3S. The molecule has 0 radical (unpaired) electrons. The smallest absolute Gasteiger partial charge is 0.274 e. The highest BCUT2D eigenvalue weighted by molar-refractivity contribution is 7.84. The highest BCUT2D eigenvalue weighted by Crippen LogP contribution is 2.14. The summed E-state index contributed by atoms with van der Waals surface area (Å²) in [4.78, 5) is 14.0. The molecule has 1 heterocycles.